The van der Waals surface area contributed by atoms with Gasteiger partial charge in [0, 0.05) is 26.3 Å². The first-order valence-electron chi connectivity index (χ1n) is 7.46. The number of hydrogen-bond acceptors (Lipinski definition) is 4. The van der Waals surface area contributed by atoms with Gasteiger partial charge in [0.25, 0.3) is 0 Å². The number of ether oxygens (including phenoxy) is 1. The standard InChI is InChI=1S/C16H18FN5O/c1-3-21-10-8-13(19-21)16-18-15(9-11-23-2)20-22(16)14-7-5-4-6-12(14)17/h4-8,10H,3,9,11H2,1-2H3. The fraction of sp³-hybridized carbons (Fsp3) is 0.312. The maximum atomic E-state index is 14.2. The van der Waals surface area contributed by atoms with Gasteiger partial charge in [-0.3, -0.25) is 4.68 Å². The van der Waals surface area contributed by atoms with Crippen molar-refractivity contribution in [1.29, 1.82) is 0 Å². The summed E-state index contributed by atoms with van der Waals surface area (Å²) in [6, 6.07) is 8.34. The van der Waals surface area contributed by atoms with E-state index in [1.165, 1.54) is 10.7 Å². The largest absolute Gasteiger partial charge is 0.384 e. The summed E-state index contributed by atoms with van der Waals surface area (Å²) in [5, 5.41) is 8.87. The van der Waals surface area contributed by atoms with Gasteiger partial charge < -0.3 is 4.74 Å². The van der Waals surface area contributed by atoms with Crippen LogP contribution in [0.1, 0.15) is 12.7 Å². The number of aryl methyl sites for hydroxylation is 1. The van der Waals surface area contributed by atoms with Gasteiger partial charge in [0.2, 0.25) is 0 Å². The molecule has 23 heavy (non-hydrogen) atoms. The smallest absolute Gasteiger partial charge is 0.183 e. The van der Waals surface area contributed by atoms with Gasteiger partial charge in [-0.15, -0.1) is 0 Å². The van der Waals surface area contributed by atoms with E-state index in [4.69, 9.17) is 4.74 Å². The average molecular weight is 315 g/mol. The van der Waals surface area contributed by atoms with Crippen LogP contribution in [0.3, 0.4) is 0 Å². The van der Waals surface area contributed by atoms with Crippen molar-refractivity contribution in [2.45, 2.75) is 19.9 Å². The molecule has 0 amide bonds. The molecule has 0 saturated carbocycles. The highest BCUT2D eigenvalue weighted by Crippen LogP contribution is 2.21. The molecule has 3 rings (SSSR count). The Kier molecular flexibility index (Phi) is 4.47. The van der Waals surface area contributed by atoms with Gasteiger partial charge >= 0.3 is 0 Å². The maximum absolute atomic E-state index is 14.2. The number of aromatic nitrogens is 5. The van der Waals surface area contributed by atoms with Crippen LogP contribution in [0.15, 0.2) is 36.5 Å². The molecular weight excluding hydrogens is 297 g/mol. The molecule has 6 nitrogen and oxygen atoms in total. The Bertz CT molecular complexity index is 795. The first-order chi connectivity index (χ1) is 11.2. The minimum absolute atomic E-state index is 0.352. The molecule has 0 spiro atoms. The average Bonchev–Trinajstić information content (AvgIpc) is 3.20. The molecule has 2 heterocycles. The molecule has 0 saturated heterocycles. The summed E-state index contributed by atoms with van der Waals surface area (Å²) in [5.74, 6) is 0.761. The zero-order chi connectivity index (χ0) is 16.2. The molecule has 0 fully saturated rings. The van der Waals surface area contributed by atoms with Gasteiger partial charge in [-0.1, -0.05) is 12.1 Å². The second-order valence-corrected chi connectivity index (χ2v) is 5.01. The Morgan fingerprint density at radius 2 is 2.00 bits per heavy atom. The van der Waals surface area contributed by atoms with E-state index in [1.54, 1.807) is 30.0 Å². The van der Waals surface area contributed by atoms with E-state index in [2.05, 4.69) is 15.2 Å². The molecule has 0 unspecified atom stereocenters. The molecule has 3 aromatic rings. The normalized spacial score (nSPS) is 11.1. The minimum Gasteiger partial charge on any atom is -0.384 e. The van der Waals surface area contributed by atoms with Gasteiger partial charge in [0.05, 0.1) is 6.61 Å². The number of rotatable bonds is 6. The summed E-state index contributed by atoms with van der Waals surface area (Å²) in [7, 11) is 1.62. The highest BCUT2D eigenvalue weighted by atomic mass is 19.1. The first kappa shape index (κ1) is 15.4. The van der Waals surface area contributed by atoms with Gasteiger partial charge in [-0.25, -0.2) is 14.1 Å². The zero-order valence-corrected chi connectivity index (χ0v) is 13.1. The van der Waals surface area contributed by atoms with Crippen molar-refractivity contribution in [1.82, 2.24) is 24.5 Å². The van der Waals surface area contributed by atoms with E-state index in [0.717, 1.165) is 6.54 Å². The number of methoxy groups -OCH3 is 1. The molecule has 0 aliphatic rings. The van der Waals surface area contributed by atoms with Crippen molar-refractivity contribution in [3.8, 4) is 17.2 Å². The van der Waals surface area contributed by atoms with Crippen LogP contribution in [0.5, 0.6) is 0 Å². The summed E-state index contributed by atoms with van der Waals surface area (Å²) < 4.78 is 22.5. The lowest BCUT2D eigenvalue weighted by Gasteiger charge is -2.05. The van der Waals surface area contributed by atoms with Gasteiger partial charge in [0.15, 0.2) is 11.6 Å². The van der Waals surface area contributed by atoms with Gasteiger partial charge in [0.1, 0.15) is 17.2 Å². The molecule has 0 atom stereocenters. The third kappa shape index (κ3) is 3.14. The highest BCUT2D eigenvalue weighted by molar-refractivity contribution is 5.53. The van der Waals surface area contributed by atoms with Crippen molar-refractivity contribution in [2.24, 2.45) is 0 Å². The fourth-order valence-corrected chi connectivity index (χ4v) is 2.27. The first-order valence-corrected chi connectivity index (χ1v) is 7.46. The molecule has 1 aromatic carbocycles. The summed E-state index contributed by atoms with van der Waals surface area (Å²) in [5.41, 5.74) is 1.01. The van der Waals surface area contributed by atoms with Crippen molar-refractivity contribution < 1.29 is 9.13 Å². The SMILES string of the molecule is CCn1ccc(-c2nc(CCOC)nn2-c2ccccc2F)n1. The maximum Gasteiger partial charge on any atom is 0.183 e. The monoisotopic (exact) mass is 315 g/mol. The quantitative estimate of drug-likeness (QED) is 0.701. The molecule has 2 aromatic heterocycles. The van der Waals surface area contributed by atoms with E-state index in [0.29, 0.717) is 36.1 Å². The van der Waals surface area contributed by atoms with Crippen molar-refractivity contribution in [3.63, 3.8) is 0 Å². The van der Waals surface area contributed by atoms with Crippen LogP contribution in [-0.2, 0) is 17.7 Å². The van der Waals surface area contributed by atoms with Crippen LogP contribution < -0.4 is 0 Å². The molecular formula is C16H18FN5O. The Hall–Kier alpha value is -2.54. The molecule has 7 heteroatoms. The van der Waals surface area contributed by atoms with Crippen LogP contribution >= 0.6 is 0 Å². The topological polar surface area (TPSA) is 57.8 Å². The summed E-state index contributed by atoms with van der Waals surface area (Å²) in [6.07, 6.45) is 2.42. The lowest BCUT2D eigenvalue weighted by Crippen LogP contribution is -2.04. The number of halogens is 1. The molecule has 0 bridgehead atoms. The van der Waals surface area contributed by atoms with Crippen LogP contribution in [0.25, 0.3) is 17.2 Å². The van der Waals surface area contributed by atoms with Gasteiger partial charge in [-0.05, 0) is 25.1 Å². The van der Waals surface area contributed by atoms with E-state index in [9.17, 15) is 4.39 Å². The number of para-hydroxylation sites is 1. The predicted octanol–water partition coefficient (Wildman–Crippen LogP) is 2.48. The van der Waals surface area contributed by atoms with E-state index in [1.807, 2.05) is 19.2 Å². The zero-order valence-electron chi connectivity index (χ0n) is 13.1. The summed E-state index contributed by atoms with van der Waals surface area (Å²) in [4.78, 5) is 4.51. The molecule has 120 valence electrons. The number of nitrogens with zero attached hydrogens (tertiary/aromatic N) is 5. The molecule has 0 radical (unpaired) electrons. The fourth-order valence-electron chi connectivity index (χ4n) is 2.27. The Morgan fingerprint density at radius 1 is 1.17 bits per heavy atom. The summed E-state index contributed by atoms with van der Waals surface area (Å²) >= 11 is 0. The van der Waals surface area contributed by atoms with Crippen molar-refractivity contribution in [3.05, 3.63) is 48.2 Å². The van der Waals surface area contributed by atoms with Crippen LogP contribution in [0, 0.1) is 5.82 Å². The third-order valence-corrected chi connectivity index (χ3v) is 3.46. The van der Waals surface area contributed by atoms with Crippen LogP contribution in [0.2, 0.25) is 0 Å². The molecule has 0 N–H and O–H groups in total. The van der Waals surface area contributed by atoms with Crippen molar-refractivity contribution >= 4 is 0 Å². The minimum atomic E-state index is -0.355. The third-order valence-electron chi connectivity index (χ3n) is 3.46. The summed E-state index contributed by atoms with van der Waals surface area (Å²) in [6.45, 7) is 3.26. The Labute approximate surface area is 133 Å². The van der Waals surface area contributed by atoms with Gasteiger partial charge in [-0.2, -0.15) is 10.2 Å². The molecule has 0 aliphatic carbocycles. The van der Waals surface area contributed by atoms with Crippen LogP contribution in [-0.4, -0.2) is 38.3 Å². The number of hydrogen-bond donors (Lipinski definition) is 0. The second-order valence-electron chi connectivity index (χ2n) is 5.01. The van der Waals surface area contributed by atoms with Crippen molar-refractivity contribution in [2.75, 3.05) is 13.7 Å². The second kappa shape index (κ2) is 6.70. The lowest BCUT2D eigenvalue weighted by molar-refractivity contribution is 0.200. The Morgan fingerprint density at radius 3 is 2.70 bits per heavy atom. The van der Waals surface area contributed by atoms with Crippen LogP contribution in [0.4, 0.5) is 4.39 Å². The highest BCUT2D eigenvalue weighted by Gasteiger charge is 2.17. The predicted molar refractivity (Wildman–Crippen MR) is 83.8 cm³/mol. The van der Waals surface area contributed by atoms with E-state index in [-0.39, 0.29) is 5.82 Å². The van der Waals surface area contributed by atoms with E-state index >= 15 is 0 Å². The number of benzene rings is 1. The molecule has 0 aliphatic heterocycles. The lowest BCUT2D eigenvalue weighted by atomic mass is 10.3. The Balaban J connectivity index is 2.09. The van der Waals surface area contributed by atoms with E-state index < -0.39 is 0 Å².